The van der Waals surface area contributed by atoms with E-state index in [9.17, 15) is 23.1 Å². The third-order valence-corrected chi connectivity index (χ3v) is 8.70. The summed E-state index contributed by atoms with van der Waals surface area (Å²) >= 11 is 0. The van der Waals surface area contributed by atoms with E-state index in [4.69, 9.17) is 14.2 Å². The van der Waals surface area contributed by atoms with Crippen molar-refractivity contribution in [3.63, 3.8) is 0 Å². The fourth-order valence-electron chi connectivity index (χ4n) is 4.78. The summed E-state index contributed by atoms with van der Waals surface area (Å²) in [5.74, 6) is -0.190. The van der Waals surface area contributed by atoms with Crippen LogP contribution in [0.1, 0.15) is 39.7 Å². The van der Waals surface area contributed by atoms with Crippen LogP contribution in [0, 0.1) is 11.8 Å². The molecule has 0 saturated carbocycles. The SMILES string of the molecule is COCCNCC(=O)NN(C(=O)CC(C)C)C(Cc1ccccc1)[C@H](O)CN(CC(C)C)S(=O)(=O)c1ccc2c(c1)OCO2. The van der Waals surface area contributed by atoms with Gasteiger partial charge in [0, 0.05) is 39.2 Å². The van der Waals surface area contributed by atoms with Crippen molar-refractivity contribution in [2.24, 2.45) is 11.8 Å². The summed E-state index contributed by atoms with van der Waals surface area (Å²) in [5.41, 5.74) is 3.50. The largest absolute Gasteiger partial charge is 0.454 e. The van der Waals surface area contributed by atoms with Crippen LogP contribution in [0.5, 0.6) is 11.5 Å². The summed E-state index contributed by atoms with van der Waals surface area (Å²) in [7, 11) is -2.54. The van der Waals surface area contributed by atoms with Gasteiger partial charge < -0.3 is 24.6 Å². The number of benzene rings is 2. The lowest BCUT2D eigenvalue weighted by Gasteiger charge is -2.37. The van der Waals surface area contributed by atoms with E-state index < -0.39 is 28.1 Å². The molecule has 1 unspecified atom stereocenters. The third-order valence-electron chi connectivity index (χ3n) is 6.87. The fraction of sp³-hybridized carbons (Fsp3) is 0.548. The minimum Gasteiger partial charge on any atom is -0.454 e. The van der Waals surface area contributed by atoms with Gasteiger partial charge in [-0.15, -0.1) is 0 Å². The zero-order valence-corrected chi connectivity index (χ0v) is 27.0. The van der Waals surface area contributed by atoms with Gasteiger partial charge in [-0.05, 0) is 36.0 Å². The number of nitrogens with one attached hydrogen (secondary N) is 2. The van der Waals surface area contributed by atoms with E-state index in [1.807, 2.05) is 58.0 Å². The predicted octanol–water partition coefficient (Wildman–Crippen LogP) is 2.18. The highest BCUT2D eigenvalue weighted by Gasteiger charge is 2.36. The minimum atomic E-state index is -4.10. The number of aliphatic hydroxyl groups excluding tert-OH is 1. The highest BCUT2D eigenvalue weighted by molar-refractivity contribution is 7.89. The quantitative estimate of drug-likeness (QED) is 0.176. The molecule has 0 radical (unpaired) electrons. The number of hydrogen-bond donors (Lipinski definition) is 3. The number of carbonyl (C=O) groups is 2. The van der Waals surface area contributed by atoms with Crippen LogP contribution in [0.15, 0.2) is 53.4 Å². The zero-order valence-electron chi connectivity index (χ0n) is 26.2. The van der Waals surface area contributed by atoms with Gasteiger partial charge in [0.05, 0.1) is 30.2 Å². The second kappa shape index (κ2) is 16.7. The van der Waals surface area contributed by atoms with Crippen molar-refractivity contribution < 1.29 is 37.3 Å². The van der Waals surface area contributed by atoms with Gasteiger partial charge in [0.25, 0.3) is 5.91 Å². The molecule has 244 valence electrons. The molecule has 3 N–H and O–H groups in total. The number of ether oxygens (including phenoxy) is 3. The van der Waals surface area contributed by atoms with Crippen LogP contribution in [-0.2, 0) is 30.8 Å². The van der Waals surface area contributed by atoms with Crippen LogP contribution < -0.4 is 20.2 Å². The van der Waals surface area contributed by atoms with Crippen LogP contribution in [0.2, 0.25) is 0 Å². The average molecular weight is 635 g/mol. The molecule has 1 heterocycles. The Balaban J connectivity index is 1.96. The lowest BCUT2D eigenvalue weighted by Crippen LogP contribution is -2.60. The maximum atomic E-state index is 13.9. The van der Waals surface area contributed by atoms with Crippen LogP contribution >= 0.6 is 0 Å². The van der Waals surface area contributed by atoms with Crippen molar-refractivity contribution in [3.05, 3.63) is 54.1 Å². The second-order valence-electron chi connectivity index (χ2n) is 11.6. The van der Waals surface area contributed by atoms with Crippen LogP contribution in [0.25, 0.3) is 0 Å². The highest BCUT2D eigenvalue weighted by atomic mass is 32.2. The lowest BCUT2D eigenvalue weighted by molar-refractivity contribution is -0.148. The molecule has 0 aliphatic carbocycles. The molecule has 3 rings (SSSR count). The number of fused-ring (bicyclic) bond motifs is 1. The van der Waals surface area contributed by atoms with E-state index >= 15 is 0 Å². The summed E-state index contributed by atoms with van der Waals surface area (Å²) in [5, 5.41) is 15.9. The first-order chi connectivity index (χ1) is 20.9. The summed E-state index contributed by atoms with van der Waals surface area (Å²) in [4.78, 5) is 26.6. The maximum absolute atomic E-state index is 13.9. The Morgan fingerprint density at radius 3 is 2.36 bits per heavy atom. The minimum absolute atomic E-state index is 0.00227. The topological polar surface area (TPSA) is 147 Å². The first-order valence-corrected chi connectivity index (χ1v) is 16.3. The first-order valence-electron chi connectivity index (χ1n) is 14.8. The van der Waals surface area contributed by atoms with Crippen LogP contribution in [0.3, 0.4) is 0 Å². The molecular formula is C31H46N4O8S. The number of sulfonamides is 1. The van der Waals surface area contributed by atoms with E-state index in [1.165, 1.54) is 21.4 Å². The number of hydrogen-bond acceptors (Lipinski definition) is 9. The van der Waals surface area contributed by atoms with Gasteiger partial charge in [-0.2, -0.15) is 4.31 Å². The van der Waals surface area contributed by atoms with Crippen molar-refractivity contribution in [1.29, 1.82) is 0 Å². The number of methoxy groups -OCH3 is 1. The predicted molar refractivity (Wildman–Crippen MR) is 165 cm³/mol. The van der Waals surface area contributed by atoms with Gasteiger partial charge in [0.2, 0.25) is 22.7 Å². The smallest absolute Gasteiger partial charge is 0.252 e. The van der Waals surface area contributed by atoms with Gasteiger partial charge in [-0.3, -0.25) is 15.0 Å². The lowest BCUT2D eigenvalue weighted by atomic mass is 9.99. The molecule has 0 bridgehead atoms. The molecule has 0 spiro atoms. The van der Waals surface area contributed by atoms with E-state index in [0.717, 1.165) is 5.56 Å². The molecule has 1 aliphatic heterocycles. The number of amides is 2. The molecule has 2 atom stereocenters. The molecule has 2 aromatic carbocycles. The summed E-state index contributed by atoms with van der Waals surface area (Å²) in [6.45, 7) is 8.08. The van der Waals surface area contributed by atoms with Gasteiger partial charge in [-0.1, -0.05) is 58.0 Å². The maximum Gasteiger partial charge on any atom is 0.252 e. The molecule has 0 fully saturated rings. The van der Waals surface area contributed by atoms with E-state index in [0.29, 0.717) is 24.7 Å². The van der Waals surface area contributed by atoms with Gasteiger partial charge in [0.15, 0.2) is 11.5 Å². The molecular weight excluding hydrogens is 588 g/mol. The fourth-order valence-corrected chi connectivity index (χ4v) is 6.42. The summed E-state index contributed by atoms with van der Waals surface area (Å²) < 4.78 is 44.8. The van der Waals surface area contributed by atoms with Gasteiger partial charge in [0.1, 0.15) is 0 Å². The van der Waals surface area contributed by atoms with Gasteiger partial charge >= 0.3 is 0 Å². The number of carbonyl (C=O) groups excluding carboxylic acids is 2. The van der Waals surface area contributed by atoms with Crippen molar-refractivity contribution in [1.82, 2.24) is 20.1 Å². The molecule has 12 nitrogen and oxygen atoms in total. The summed E-state index contributed by atoms with van der Waals surface area (Å²) in [6.07, 6.45) is -1.08. The monoisotopic (exact) mass is 634 g/mol. The average Bonchev–Trinajstić information content (AvgIpc) is 3.45. The van der Waals surface area contributed by atoms with Crippen LogP contribution in [0.4, 0.5) is 0 Å². The molecule has 0 saturated heterocycles. The molecule has 2 amide bonds. The Labute approximate surface area is 260 Å². The van der Waals surface area contributed by atoms with Crippen LogP contribution in [-0.4, -0.2) is 93.5 Å². The Morgan fingerprint density at radius 1 is 1.00 bits per heavy atom. The Hall–Kier alpha value is -3.23. The van der Waals surface area contributed by atoms with Gasteiger partial charge in [-0.25, -0.2) is 13.4 Å². The standard InChI is InChI=1S/C31H46N4O8S/c1-22(2)15-31(38)35(33-30(37)18-32-13-14-41-5)26(16-24-9-7-6-8-10-24)27(36)20-34(19-23(3)4)44(39,40)25-11-12-28-29(17-25)43-21-42-28/h6-12,17,22-23,26-27,32,36H,13-16,18-21H2,1-5H3,(H,33,37)/t26?,27-/m1/s1. The second-order valence-corrected chi connectivity index (χ2v) is 13.6. The van der Waals surface area contributed by atoms with E-state index in [2.05, 4.69) is 10.7 Å². The van der Waals surface area contributed by atoms with E-state index in [1.54, 1.807) is 13.2 Å². The first kappa shape index (κ1) is 35.3. The van der Waals surface area contributed by atoms with Crippen molar-refractivity contribution in [3.8, 4) is 11.5 Å². The number of rotatable bonds is 17. The number of aliphatic hydroxyl groups is 1. The highest BCUT2D eigenvalue weighted by Crippen LogP contribution is 2.35. The molecule has 44 heavy (non-hydrogen) atoms. The molecule has 1 aliphatic rings. The van der Waals surface area contributed by atoms with Crippen molar-refractivity contribution in [2.45, 2.75) is 57.6 Å². The Kier molecular flexibility index (Phi) is 13.4. The van der Waals surface area contributed by atoms with Crippen molar-refractivity contribution >= 4 is 21.8 Å². The normalized spacial score (nSPS) is 14.2. The van der Waals surface area contributed by atoms with Crippen molar-refractivity contribution in [2.75, 3.05) is 46.7 Å². The molecule has 2 aromatic rings. The van der Waals surface area contributed by atoms with E-state index in [-0.39, 0.29) is 61.9 Å². The summed E-state index contributed by atoms with van der Waals surface area (Å²) in [6, 6.07) is 12.7. The molecule has 13 heteroatoms. The number of nitrogens with zero attached hydrogens (tertiary/aromatic N) is 2. The third kappa shape index (κ3) is 10.2. The Morgan fingerprint density at radius 2 is 1.70 bits per heavy atom. The zero-order chi connectivity index (χ0) is 32.3. The Bertz CT molecular complexity index is 1320. The number of hydrazine groups is 1. The molecule has 0 aromatic heterocycles.